The highest BCUT2D eigenvalue weighted by Crippen LogP contribution is 2.40. The summed E-state index contributed by atoms with van der Waals surface area (Å²) in [7, 11) is 1.60. The Bertz CT molecular complexity index is 1760. The summed E-state index contributed by atoms with van der Waals surface area (Å²) in [5.74, 6) is 1.08. The Kier molecular flexibility index (Phi) is 12.0. The number of hydrogen-bond donors (Lipinski definition) is 6. The van der Waals surface area contributed by atoms with Crippen molar-refractivity contribution in [3.63, 3.8) is 0 Å². The van der Waals surface area contributed by atoms with Gasteiger partial charge in [0, 0.05) is 74.0 Å². The molecule has 0 spiro atoms. The summed E-state index contributed by atoms with van der Waals surface area (Å²) in [4.78, 5) is 21.1. The van der Waals surface area contributed by atoms with E-state index in [4.69, 9.17) is 19.5 Å². The lowest BCUT2D eigenvalue weighted by atomic mass is 9.97. The van der Waals surface area contributed by atoms with Gasteiger partial charge in [0.1, 0.15) is 0 Å². The highest BCUT2D eigenvalue weighted by Gasteiger charge is 2.22. The molecule has 258 valence electrons. The lowest BCUT2D eigenvalue weighted by Crippen LogP contribution is -2.01. The molecule has 4 aromatic rings. The Morgan fingerprint density at radius 2 is 1.19 bits per heavy atom. The van der Waals surface area contributed by atoms with E-state index in [1.807, 2.05) is 24.6 Å². The standard InChI is InChI=1S/C38H51N5O5/c1-6-25-26(7-2)36-22-40-33-19-37(47-5)38(48-16-10-15-46)20-34(33)39-21-35-24(4)28(12-9-14-45)31(42-35)17-29-23(3)27(11-8-13-44)32(41-29)18-30(25)43-36/h19-22,41-46H,6-18H2,1-5H3. The molecule has 4 heterocycles. The van der Waals surface area contributed by atoms with E-state index in [1.165, 1.54) is 39.2 Å². The van der Waals surface area contributed by atoms with E-state index in [9.17, 15) is 15.3 Å². The highest BCUT2D eigenvalue weighted by atomic mass is 16.5. The summed E-state index contributed by atoms with van der Waals surface area (Å²) in [5, 5.41) is 28.8. The summed E-state index contributed by atoms with van der Waals surface area (Å²) in [6, 6.07) is 3.69. The average molecular weight is 658 g/mol. The molecule has 6 N–H and O–H groups in total. The summed E-state index contributed by atoms with van der Waals surface area (Å²) in [5.41, 5.74) is 15.1. The zero-order valence-electron chi connectivity index (χ0n) is 29.1. The fourth-order valence-corrected chi connectivity index (χ4v) is 6.91. The molecular formula is C38H51N5O5. The Labute approximate surface area is 283 Å². The van der Waals surface area contributed by atoms with Crippen molar-refractivity contribution in [2.75, 3.05) is 33.5 Å². The molecule has 0 unspecified atom stereocenters. The van der Waals surface area contributed by atoms with E-state index in [0.29, 0.717) is 55.2 Å². The number of hydrogen-bond acceptors (Lipinski definition) is 7. The Morgan fingerprint density at radius 1 is 0.646 bits per heavy atom. The molecule has 0 fully saturated rings. The second kappa shape index (κ2) is 16.3. The van der Waals surface area contributed by atoms with Crippen molar-refractivity contribution in [3.8, 4) is 11.5 Å². The first-order chi connectivity index (χ1) is 23.4. The molecule has 0 saturated heterocycles. The normalized spacial score (nSPS) is 12.8. The van der Waals surface area contributed by atoms with Crippen LogP contribution in [0.15, 0.2) is 22.1 Å². The molecule has 10 nitrogen and oxygen atoms in total. The minimum absolute atomic E-state index is 0.0353. The van der Waals surface area contributed by atoms with Crippen molar-refractivity contribution in [1.82, 2.24) is 15.0 Å². The summed E-state index contributed by atoms with van der Waals surface area (Å²) in [6.45, 7) is 9.31. The van der Waals surface area contributed by atoms with Gasteiger partial charge >= 0.3 is 0 Å². The number of nitrogens with zero attached hydrogens (tertiary/aromatic N) is 2. The predicted octanol–water partition coefficient (Wildman–Crippen LogP) is 6.03. The molecule has 0 amide bonds. The van der Waals surface area contributed by atoms with Gasteiger partial charge in [-0.25, -0.2) is 0 Å². The molecule has 3 aromatic heterocycles. The fraction of sp³-hybridized carbons (Fsp3) is 0.474. The van der Waals surface area contributed by atoms with Crippen molar-refractivity contribution in [2.45, 2.75) is 85.5 Å². The number of aliphatic hydroxyl groups excluding tert-OH is 3. The lowest BCUT2D eigenvalue weighted by Gasteiger charge is -2.12. The minimum Gasteiger partial charge on any atom is -0.493 e. The van der Waals surface area contributed by atoms with Gasteiger partial charge in [0.15, 0.2) is 11.5 Å². The van der Waals surface area contributed by atoms with Crippen molar-refractivity contribution in [3.05, 3.63) is 79.7 Å². The van der Waals surface area contributed by atoms with Crippen LogP contribution in [0.3, 0.4) is 0 Å². The first-order valence-corrected chi connectivity index (χ1v) is 17.2. The third kappa shape index (κ3) is 7.46. The monoisotopic (exact) mass is 657 g/mol. The molecule has 0 aliphatic carbocycles. The van der Waals surface area contributed by atoms with Crippen LogP contribution in [0.1, 0.15) is 101 Å². The van der Waals surface area contributed by atoms with Gasteiger partial charge in [0.05, 0.1) is 48.9 Å². The molecule has 0 atom stereocenters. The van der Waals surface area contributed by atoms with Crippen LogP contribution in [-0.2, 0) is 38.5 Å². The predicted molar refractivity (Wildman–Crippen MR) is 192 cm³/mol. The maximum absolute atomic E-state index is 9.74. The summed E-state index contributed by atoms with van der Waals surface area (Å²) < 4.78 is 11.7. The van der Waals surface area contributed by atoms with E-state index in [-0.39, 0.29) is 19.8 Å². The summed E-state index contributed by atoms with van der Waals surface area (Å²) in [6.07, 6.45) is 10.3. The Morgan fingerprint density at radius 3 is 1.81 bits per heavy atom. The van der Waals surface area contributed by atoms with E-state index >= 15 is 0 Å². The van der Waals surface area contributed by atoms with Gasteiger partial charge in [-0.2, -0.15) is 0 Å². The van der Waals surface area contributed by atoms with Crippen molar-refractivity contribution < 1.29 is 24.8 Å². The SMILES string of the molecule is CCc1c2[nH]c(c1CC)Cc1[nH]c(c(C)c1CCCO)Cc1[nH]c(c(C)c1CCCO)C=Nc1cc(OCCCO)c(OC)cc1N=C2. The molecule has 0 saturated carbocycles. The van der Waals surface area contributed by atoms with Gasteiger partial charge in [-0.05, 0) is 85.8 Å². The zero-order chi connectivity index (χ0) is 34.2. The van der Waals surface area contributed by atoms with Gasteiger partial charge in [-0.15, -0.1) is 0 Å². The Balaban J connectivity index is 1.73. The molecule has 10 heteroatoms. The number of aliphatic hydroxyl groups is 3. The molecule has 1 aliphatic heterocycles. The van der Waals surface area contributed by atoms with Gasteiger partial charge in [0.25, 0.3) is 0 Å². The number of H-pyrrole nitrogens is 3. The summed E-state index contributed by atoms with van der Waals surface area (Å²) >= 11 is 0. The van der Waals surface area contributed by atoms with Crippen LogP contribution >= 0.6 is 0 Å². The van der Waals surface area contributed by atoms with Crippen molar-refractivity contribution >= 4 is 23.8 Å². The zero-order valence-corrected chi connectivity index (χ0v) is 29.1. The number of nitrogens with one attached hydrogen (secondary N) is 3. The topological polar surface area (TPSA) is 151 Å². The third-order valence-corrected chi connectivity index (χ3v) is 9.49. The van der Waals surface area contributed by atoms with Gasteiger partial charge in [-0.1, -0.05) is 13.8 Å². The van der Waals surface area contributed by atoms with Crippen molar-refractivity contribution in [1.29, 1.82) is 0 Å². The Hall–Kier alpha value is -4.12. The number of methoxy groups -OCH3 is 1. The molecule has 1 aromatic carbocycles. The van der Waals surface area contributed by atoms with E-state index in [1.54, 1.807) is 7.11 Å². The average Bonchev–Trinajstić information content (AvgIpc) is 3.69. The van der Waals surface area contributed by atoms with Crippen LogP contribution in [0.4, 0.5) is 11.4 Å². The number of rotatable bonds is 13. The number of ether oxygens (including phenoxy) is 2. The quantitative estimate of drug-likeness (QED) is 0.0855. The van der Waals surface area contributed by atoms with Crippen LogP contribution in [0.25, 0.3) is 0 Å². The van der Waals surface area contributed by atoms with Gasteiger partial charge in [0.2, 0.25) is 0 Å². The largest absolute Gasteiger partial charge is 0.493 e. The van der Waals surface area contributed by atoms with Crippen LogP contribution < -0.4 is 9.47 Å². The third-order valence-electron chi connectivity index (χ3n) is 9.49. The number of aromatic amines is 3. The molecule has 1 aliphatic rings. The molecule has 48 heavy (non-hydrogen) atoms. The maximum Gasteiger partial charge on any atom is 0.163 e. The first-order valence-electron chi connectivity index (χ1n) is 17.2. The molecule has 5 rings (SSSR count). The van der Waals surface area contributed by atoms with Crippen LogP contribution in [-0.4, -0.2) is 76.2 Å². The number of fused-ring (bicyclic) bond motifs is 7. The molecular weight excluding hydrogens is 606 g/mol. The van der Waals surface area contributed by atoms with E-state index < -0.39 is 0 Å². The minimum atomic E-state index is 0.0353. The fourth-order valence-electron chi connectivity index (χ4n) is 6.91. The lowest BCUT2D eigenvalue weighted by molar-refractivity contribution is 0.228. The highest BCUT2D eigenvalue weighted by molar-refractivity contribution is 5.88. The maximum atomic E-state index is 9.74. The molecule has 6 bridgehead atoms. The number of aromatic nitrogens is 3. The second-order valence-corrected chi connectivity index (χ2v) is 12.4. The van der Waals surface area contributed by atoms with Gasteiger partial charge in [-0.3, -0.25) is 9.98 Å². The van der Waals surface area contributed by atoms with E-state index in [0.717, 1.165) is 60.4 Å². The first kappa shape index (κ1) is 35.2. The molecule has 0 radical (unpaired) electrons. The number of aliphatic imine (C=N–C) groups is 2. The second-order valence-electron chi connectivity index (χ2n) is 12.4. The van der Waals surface area contributed by atoms with Crippen LogP contribution in [0.5, 0.6) is 11.5 Å². The smallest absolute Gasteiger partial charge is 0.163 e. The van der Waals surface area contributed by atoms with Crippen LogP contribution in [0.2, 0.25) is 0 Å². The number of benzene rings is 1. The van der Waals surface area contributed by atoms with Crippen LogP contribution in [0, 0.1) is 13.8 Å². The van der Waals surface area contributed by atoms with E-state index in [2.05, 4.69) is 42.6 Å². The van der Waals surface area contributed by atoms with Gasteiger partial charge < -0.3 is 39.7 Å². The van der Waals surface area contributed by atoms with Crippen molar-refractivity contribution in [2.24, 2.45) is 9.98 Å².